The highest BCUT2D eigenvalue weighted by molar-refractivity contribution is 14.1. The maximum Gasteiger partial charge on any atom is 0.147 e. The number of halogens is 3. The Labute approximate surface area is 156 Å². The maximum absolute atomic E-state index is 6.30. The van der Waals surface area contributed by atoms with Crippen LogP contribution >= 0.6 is 50.1 Å². The molecule has 0 bridgehead atoms. The third-order valence-electron chi connectivity index (χ3n) is 4.14. The van der Waals surface area contributed by atoms with Gasteiger partial charge in [-0.15, -0.1) is 0 Å². The first-order chi connectivity index (χ1) is 9.96. The Balaban J connectivity index is 2.79. The molecule has 1 atom stereocenters. The molecule has 0 aromatic carbocycles. The summed E-state index contributed by atoms with van der Waals surface area (Å²) >= 11 is 12.1. The first-order valence-corrected chi connectivity index (χ1v) is 10.3. The summed E-state index contributed by atoms with van der Waals surface area (Å²) in [5.74, 6) is 0. The summed E-state index contributed by atoms with van der Waals surface area (Å²) in [5.41, 5.74) is 0.0778. The van der Waals surface area contributed by atoms with E-state index in [2.05, 4.69) is 69.1 Å². The summed E-state index contributed by atoms with van der Waals surface area (Å²) in [5, 5.41) is 5.38. The van der Waals surface area contributed by atoms with E-state index in [4.69, 9.17) is 11.6 Å². The summed E-state index contributed by atoms with van der Waals surface area (Å²) in [6.45, 7) is 6.84. The number of hydrogen-bond donors (Lipinski definition) is 0. The Morgan fingerprint density at radius 2 is 1.67 bits per heavy atom. The van der Waals surface area contributed by atoms with Crippen molar-refractivity contribution in [1.29, 1.82) is 0 Å². The van der Waals surface area contributed by atoms with Crippen molar-refractivity contribution in [1.82, 2.24) is 9.78 Å². The molecule has 0 N–H and O–H groups in total. The van der Waals surface area contributed by atoms with Gasteiger partial charge in [0.2, 0.25) is 0 Å². The van der Waals surface area contributed by atoms with Gasteiger partial charge in [0.25, 0.3) is 0 Å². The van der Waals surface area contributed by atoms with Crippen molar-refractivity contribution in [3.05, 3.63) is 13.3 Å². The van der Waals surface area contributed by atoms with Crippen LogP contribution in [0.5, 0.6) is 0 Å². The van der Waals surface area contributed by atoms with Crippen molar-refractivity contribution in [2.75, 3.05) is 0 Å². The Morgan fingerprint density at radius 3 is 2.19 bits per heavy atom. The first kappa shape index (κ1) is 19.8. The fourth-order valence-corrected chi connectivity index (χ4v) is 4.50. The molecule has 1 rings (SSSR count). The maximum atomic E-state index is 6.30. The summed E-state index contributed by atoms with van der Waals surface area (Å²) in [6.07, 6.45) is 11.4. The van der Waals surface area contributed by atoms with Gasteiger partial charge in [-0.3, -0.25) is 4.68 Å². The highest BCUT2D eigenvalue weighted by Gasteiger charge is 2.30. The van der Waals surface area contributed by atoms with E-state index in [-0.39, 0.29) is 5.54 Å². The summed E-state index contributed by atoms with van der Waals surface area (Å²) in [4.78, 5) is 0. The molecule has 0 saturated carbocycles. The molecule has 1 aromatic heterocycles. The molecule has 5 heteroatoms. The van der Waals surface area contributed by atoms with Gasteiger partial charge in [-0.25, -0.2) is 0 Å². The summed E-state index contributed by atoms with van der Waals surface area (Å²) in [7, 11) is 0. The number of nitrogens with zero attached hydrogens (tertiary/aromatic N) is 2. The monoisotopic (exact) mass is 488 g/mol. The Kier molecular flexibility index (Phi) is 9.18. The largest absolute Gasteiger partial charge is 0.251 e. The predicted molar refractivity (Wildman–Crippen MR) is 104 cm³/mol. The van der Waals surface area contributed by atoms with Crippen LogP contribution in [-0.2, 0) is 5.54 Å². The molecule has 1 heterocycles. The third kappa shape index (κ3) is 5.69. The van der Waals surface area contributed by atoms with Crippen LogP contribution in [0, 0.1) is 3.70 Å². The van der Waals surface area contributed by atoms with Crippen molar-refractivity contribution < 1.29 is 0 Å². The lowest BCUT2D eigenvalue weighted by Gasteiger charge is -2.31. The van der Waals surface area contributed by atoms with Crippen molar-refractivity contribution in [2.24, 2.45) is 0 Å². The second-order valence-corrected chi connectivity index (χ2v) is 8.22. The molecule has 122 valence electrons. The minimum absolute atomic E-state index is 0.0778. The lowest BCUT2D eigenvalue weighted by Crippen LogP contribution is -2.32. The lowest BCUT2D eigenvalue weighted by atomic mass is 9.89. The average Bonchev–Trinajstić information content (AvgIpc) is 2.73. The minimum Gasteiger partial charge on any atom is -0.251 e. The van der Waals surface area contributed by atoms with Crippen LogP contribution in [-0.4, -0.2) is 9.78 Å². The van der Waals surface area contributed by atoms with E-state index >= 15 is 0 Å². The smallest absolute Gasteiger partial charge is 0.147 e. The number of hydrogen-bond acceptors (Lipinski definition) is 1. The standard InChI is InChI=1S/C16H27BrClIN2/c1-4-6-8-9-10-12-16(3,11-7-5-2)21-15(19)13(18)14(17)20-21/h4-12H2,1-3H3. The van der Waals surface area contributed by atoms with Gasteiger partial charge in [0, 0.05) is 0 Å². The fourth-order valence-electron chi connectivity index (χ4n) is 2.72. The van der Waals surface area contributed by atoms with E-state index in [1.165, 1.54) is 51.4 Å². The minimum atomic E-state index is 0.0778. The van der Waals surface area contributed by atoms with Gasteiger partial charge in [0.1, 0.15) is 13.3 Å². The molecule has 1 aromatic rings. The van der Waals surface area contributed by atoms with Crippen LogP contribution < -0.4 is 0 Å². The van der Waals surface area contributed by atoms with Gasteiger partial charge in [0.15, 0.2) is 0 Å². The normalized spacial score (nSPS) is 14.4. The quantitative estimate of drug-likeness (QED) is 0.252. The number of rotatable bonds is 10. The molecule has 0 spiro atoms. The molecular formula is C16H27BrClIN2. The van der Waals surface area contributed by atoms with Crippen LogP contribution in [0.25, 0.3) is 0 Å². The zero-order valence-corrected chi connectivity index (χ0v) is 17.9. The van der Waals surface area contributed by atoms with Crippen LogP contribution in [0.15, 0.2) is 4.60 Å². The second kappa shape index (κ2) is 9.76. The molecular weight excluding hydrogens is 462 g/mol. The van der Waals surface area contributed by atoms with E-state index in [9.17, 15) is 0 Å². The van der Waals surface area contributed by atoms with Crippen molar-refractivity contribution in [3.8, 4) is 0 Å². The predicted octanol–water partition coefficient (Wildman–Crippen LogP) is 7.17. The zero-order chi connectivity index (χ0) is 15.9. The van der Waals surface area contributed by atoms with E-state index < -0.39 is 0 Å². The molecule has 1 unspecified atom stereocenters. The molecule has 0 radical (unpaired) electrons. The highest BCUT2D eigenvalue weighted by Crippen LogP contribution is 2.36. The molecule has 0 aliphatic heterocycles. The van der Waals surface area contributed by atoms with Gasteiger partial charge in [-0.2, -0.15) is 5.10 Å². The van der Waals surface area contributed by atoms with Crippen molar-refractivity contribution in [2.45, 2.75) is 84.1 Å². The van der Waals surface area contributed by atoms with E-state index in [1.807, 2.05) is 0 Å². The van der Waals surface area contributed by atoms with Crippen molar-refractivity contribution in [3.63, 3.8) is 0 Å². The summed E-state index contributed by atoms with van der Waals surface area (Å²) < 4.78 is 3.96. The van der Waals surface area contributed by atoms with E-state index in [0.717, 1.165) is 19.7 Å². The average molecular weight is 490 g/mol. The summed E-state index contributed by atoms with van der Waals surface area (Å²) in [6, 6.07) is 0. The fraction of sp³-hybridized carbons (Fsp3) is 0.812. The van der Waals surface area contributed by atoms with Gasteiger partial charge < -0.3 is 0 Å². The molecule has 0 fully saturated rings. The van der Waals surface area contributed by atoms with Crippen molar-refractivity contribution >= 4 is 50.1 Å². The topological polar surface area (TPSA) is 17.8 Å². The first-order valence-electron chi connectivity index (χ1n) is 8.06. The second-order valence-electron chi connectivity index (χ2n) is 6.07. The lowest BCUT2D eigenvalue weighted by molar-refractivity contribution is 0.223. The number of aromatic nitrogens is 2. The molecule has 0 saturated heterocycles. The van der Waals surface area contributed by atoms with E-state index in [1.54, 1.807) is 0 Å². The third-order valence-corrected chi connectivity index (χ3v) is 6.59. The molecule has 0 aliphatic carbocycles. The van der Waals surface area contributed by atoms with Gasteiger partial charge in [-0.1, -0.05) is 70.4 Å². The Bertz CT molecular complexity index is 436. The molecule has 0 amide bonds. The molecule has 2 nitrogen and oxygen atoms in total. The Morgan fingerprint density at radius 1 is 1.10 bits per heavy atom. The van der Waals surface area contributed by atoms with Gasteiger partial charge in [-0.05, 0) is 58.3 Å². The van der Waals surface area contributed by atoms with Gasteiger partial charge >= 0.3 is 0 Å². The Hall–Kier alpha value is 0.710. The number of unbranched alkanes of at least 4 members (excludes halogenated alkanes) is 5. The highest BCUT2D eigenvalue weighted by atomic mass is 127. The van der Waals surface area contributed by atoms with Crippen LogP contribution in [0.2, 0.25) is 5.02 Å². The van der Waals surface area contributed by atoms with E-state index in [0.29, 0.717) is 0 Å². The van der Waals surface area contributed by atoms with Crippen LogP contribution in [0.1, 0.15) is 78.6 Å². The SMILES string of the molecule is CCCCCCCC(C)(CCCC)n1nc(Br)c(Cl)c1I. The van der Waals surface area contributed by atoms with Crippen LogP contribution in [0.4, 0.5) is 0 Å². The molecule has 21 heavy (non-hydrogen) atoms. The van der Waals surface area contributed by atoms with Crippen LogP contribution in [0.3, 0.4) is 0 Å². The zero-order valence-electron chi connectivity index (χ0n) is 13.4. The molecule has 0 aliphatic rings. The van der Waals surface area contributed by atoms with Gasteiger partial charge in [0.05, 0.1) is 5.54 Å².